The van der Waals surface area contributed by atoms with E-state index < -0.39 is 5.54 Å². The van der Waals surface area contributed by atoms with Crippen molar-refractivity contribution >= 4 is 23.6 Å². The van der Waals surface area contributed by atoms with Crippen LogP contribution in [0.25, 0.3) is 0 Å². The zero-order chi connectivity index (χ0) is 12.8. The molecule has 3 rings (SSSR count). The molecule has 0 aromatic carbocycles. The SMILES string of the molecule is CN1CCC2(CC1)Nc1coc(C=O)c1NC2=O. The average molecular weight is 249 g/mol. The second kappa shape index (κ2) is 3.84. The predicted molar refractivity (Wildman–Crippen MR) is 65.8 cm³/mol. The summed E-state index contributed by atoms with van der Waals surface area (Å²) in [6.07, 6.45) is 3.58. The van der Waals surface area contributed by atoms with Gasteiger partial charge >= 0.3 is 0 Å². The summed E-state index contributed by atoms with van der Waals surface area (Å²) in [5, 5.41) is 6.04. The van der Waals surface area contributed by atoms with Crippen LogP contribution in [0, 0.1) is 0 Å². The molecule has 0 radical (unpaired) electrons. The fourth-order valence-corrected chi connectivity index (χ4v) is 2.58. The monoisotopic (exact) mass is 249 g/mol. The van der Waals surface area contributed by atoms with Crippen molar-refractivity contribution in [3.8, 4) is 0 Å². The van der Waals surface area contributed by atoms with Gasteiger partial charge in [-0.25, -0.2) is 0 Å². The first-order valence-corrected chi connectivity index (χ1v) is 5.99. The fourth-order valence-electron chi connectivity index (χ4n) is 2.58. The van der Waals surface area contributed by atoms with E-state index in [9.17, 15) is 9.59 Å². The maximum Gasteiger partial charge on any atom is 0.250 e. The van der Waals surface area contributed by atoms with Gasteiger partial charge in [0, 0.05) is 13.1 Å². The van der Waals surface area contributed by atoms with Crippen LogP contribution in [0.3, 0.4) is 0 Å². The maximum absolute atomic E-state index is 12.3. The van der Waals surface area contributed by atoms with Crippen molar-refractivity contribution in [2.75, 3.05) is 30.8 Å². The molecular formula is C12H15N3O3. The van der Waals surface area contributed by atoms with E-state index in [2.05, 4.69) is 15.5 Å². The third-order valence-corrected chi connectivity index (χ3v) is 3.81. The molecular weight excluding hydrogens is 234 g/mol. The van der Waals surface area contributed by atoms with Gasteiger partial charge in [-0.3, -0.25) is 9.59 Å². The Morgan fingerprint density at radius 3 is 2.83 bits per heavy atom. The smallest absolute Gasteiger partial charge is 0.250 e. The van der Waals surface area contributed by atoms with Gasteiger partial charge in [0.05, 0.1) is 5.69 Å². The van der Waals surface area contributed by atoms with Crippen LogP contribution in [0.4, 0.5) is 11.4 Å². The number of rotatable bonds is 1. The number of likely N-dealkylation sites (tertiary alicyclic amines) is 1. The molecule has 6 nitrogen and oxygen atoms in total. The molecule has 0 bridgehead atoms. The van der Waals surface area contributed by atoms with Gasteiger partial charge in [0.25, 0.3) is 0 Å². The first kappa shape index (κ1) is 11.3. The Morgan fingerprint density at radius 1 is 1.44 bits per heavy atom. The van der Waals surface area contributed by atoms with Crippen LogP contribution >= 0.6 is 0 Å². The summed E-state index contributed by atoms with van der Waals surface area (Å²) >= 11 is 0. The number of carbonyl (C=O) groups is 2. The summed E-state index contributed by atoms with van der Waals surface area (Å²) in [5.41, 5.74) is 0.588. The molecule has 1 amide bonds. The van der Waals surface area contributed by atoms with E-state index in [1.165, 1.54) is 6.26 Å². The topological polar surface area (TPSA) is 74.6 Å². The molecule has 2 aliphatic rings. The molecule has 0 saturated carbocycles. The van der Waals surface area contributed by atoms with Crippen molar-refractivity contribution in [1.29, 1.82) is 0 Å². The van der Waals surface area contributed by atoms with Gasteiger partial charge < -0.3 is 20.0 Å². The average Bonchev–Trinajstić information content (AvgIpc) is 2.75. The van der Waals surface area contributed by atoms with Crippen molar-refractivity contribution in [2.24, 2.45) is 0 Å². The minimum atomic E-state index is -0.566. The number of piperidine rings is 1. The van der Waals surface area contributed by atoms with Crippen LogP contribution in [-0.2, 0) is 4.79 Å². The standard InChI is InChI=1S/C12H15N3O3/c1-15-4-2-12(3-5-15)11(17)13-10-8(14-12)7-18-9(10)6-16/h6-7,14H,2-5H2,1H3,(H,13,17). The summed E-state index contributed by atoms with van der Waals surface area (Å²) in [6, 6.07) is 0. The first-order chi connectivity index (χ1) is 8.64. The van der Waals surface area contributed by atoms with Crippen LogP contribution in [0.15, 0.2) is 10.7 Å². The number of aldehydes is 1. The maximum atomic E-state index is 12.3. The molecule has 1 fully saturated rings. The highest BCUT2D eigenvalue weighted by Gasteiger charge is 2.45. The van der Waals surface area contributed by atoms with E-state index in [-0.39, 0.29) is 11.7 Å². The number of carbonyl (C=O) groups excluding carboxylic acids is 2. The Balaban J connectivity index is 1.92. The lowest BCUT2D eigenvalue weighted by atomic mass is 9.85. The van der Waals surface area contributed by atoms with E-state index in [0.29, 0.717) is 17.7 Å². The van der Waals surface area contributed by atoms with E-state index in [1.54, 1.807) is 0 Å². The summed E-state index contributed by atoms with van der Waals surface area (Å²) in [7, 11) is 2.04. The van der Waals surface area contributed by atoms with Crippen molar-refractivity contribution in [2.45, 2.75) is 18.4 Å². The lowest BCUT2D eigenvalue weighted by Gasteiger charge is -2.42. The first-order valence-electron chi connectivity index (χ1n) is 5.99. The highest BCUT2D eigenvalue weighted by atomic mass is 16.3. The van der Waals surface area contributed by atoms with Crippen LogP contribution in [0.5, 0.6) is 0 Å². The Hall–Kier alpha value is -1.82. The molecule has 1 aromatic heterocycles. The van der Waals surface area contributed by atoms with Gasteiger partial charge in [-0.15, -0.1) is 0 Å². The summed E-state index contributed by atoms with van der Waals surface area (Å²) < 4.78 is 5.11. The number of furan rings is 1. The van der Waals surface area contributed by atoms with E-state index in [4.69, 9.17) is 4.42 Å². The molecule has 0 aliphatic carbocycles. The summed E-state index contributed by atoms with van der Waals surface area (Å²) in [5.74, 6) is 0.0845. The normalized spacial score (nSPS) is 22.2. The number of anilines is 2. The minimum absolute atomic E-state index is 0.0763. The Morgan fingerprint density at radius 2 is 2.17 bits per heavy atom. The summed E-state index contributed by atoms with van der Waals surface area (Å²) in [4.78, 5) is 25.2. The molecule has 18 heavy (non-hydrogen) atoms. The van der Waals surface area contributed by atoms with Crippen LogP contribution < -0.4 is 10.6 Å². The number of fused-ring (bicyclic) bond motifs is 1. The molecule has 1 aromatic rings. The van der Waals surface area contributed by atoms with Crippen molar-refractivity contribution < 1.29 is 14.0 Å². The molecule has 1 spiro atoms. The Bertz CT molecular complexity index is 501. The number of nitrogens with one attached hydrogen (secondary N) is 2. The molecule has 0 unspecified atom stereocenters. The van der Waals surface area contributed by atoms with Gasteiger partial charge in [-0.2, -0.15) is 0 Å². The van der Waals surface area contributed by atoms with Gasteiger partial charge in [0.2, 0.25) is 5.91 Å². The number of nitrogens with zero attached hydrogens (tertiary/aromatic N) is 1. The lowest BCUT2D eigenvalue weighted by Crippen LogP contribution is -2.57. The third kappa shape index (κ3) is 1.53. The Kier molecular flexibility index (Phi) is 2.41. The zero-order valence-electron chi connectivity index (χ0n) is 10.2. The lowest BCUT2D eigenvalue weighted by molar-refractivity contribution is -0.122. The van der Waals surface area contributed by atoms with Gasteiger partial charge in [-0.1, -0.05) is 0 Å². The van der Waals surface area contributed by atoms with Crippen molar-refractivity contribution in [3.05, 3.63) is 12.0 Å². The second-order valence-electron chi connectivity index (χ2n) is 4.97. The zero-order valence-corrected chi connectivity index (χ0v) is 10.2. The van der Waals surface area contributed by atoms with Crippen molar-refractivity contribution in [1.82, 2.24) is 4.90 Å². The van der Waals surface area contributed by atoms with Gasteiger partial charge in [0.1, 0.15) is 17.5 Å². The fraction of sp³-hybridized carbons (Fsp3) is 0.500. The molecule has 96 valence electrons. The van der Waals surface area contributed by atoms with Gasteiger partial charge in [0.15, 0.2) is 12.0 Å². The number of hydrogen-bond donors (Lipinski definition) is 2. The van der Waals surface area contributed by atoms with Crippen LogP contribution in [0.1, 0.15) is 23.4 Å². The van der Waals surface area contributed by atoms with E-state index in [1.807, 2.05) is 7.05 Å². The van der Waals surface area contributed by atoms with E-state index in [0.717, 1.165) is 25.9 Å². The molecule has 2 aliphatic heterocycles. The van der Waals surface area contributed by atoms with E-state index >= 15 is 0 Å². The molecule has 6 heteroatoms. The molecule has 3 heterocycles. The molecule has 1 saturated heterocycles. The highest BCUT2D eigenvalue weighted by Crippen LogP contribution is 2.38. The van der Waals surface area contributed by atoms with Crippen molar-refractivity contribution in [3.63, 3.8) is 0 Å². The summed E-state index contributed by atoms with van der Waals surface area (Å²) in [6.45, 7) is 1.74. The highest BCUT2D eigenvalue weighted by molar-refractivity contribution is 6.09. The number of hydrogen-bond acceptors (Lipinski definition) is 5. The largest absolute Gasteiger partial charge is 0.457 e. The van der Waals surface area contributed by atoms with Gasteiger partial charge in [-0.05, 0) is 19.9 Å². The number of amides is 1. The minimum Gasteiger partial charge on any atom is -0.457 e. The predicted octanol–water partition coefficient (Wildman–Crippen LogP) is 0.920. The second-order valence-corrected chi connectivity index (χ2v) is 4.97. The Labute approximate surface area is 104 Å². The molecule has 2 N–H and O–H groups in total. The van der Waals surface area contributed by atoms with Crippen LogP contribution in [0.2, 0.25) is 0 Å². The molecule has 0 atom stereocenters. The quantitative estimate of drug-likeness (QED) is 0.724. The van der Waals surface area contributed by atoms with Crippen LogP contribution in [-0.4, -0.2) is 42.8 Å². The third-order valence-electron chi connectivity index (χ3n) is 3.81.